The minimum atomic E-state index is -0.549. The summed E-state index contributed by atoms with van der Waals surface area (Å²) in [4.78, 5) is 30.0. The van der Waals surface area contributed by atoms with Crippen LogP contribution in [0.4, 0.5) is 4.39 Å². The number of ether oxygens (including phenoxy) is 1. The van der Waals surface area contributed by atoms with Crippen molar-refractivity contribution in [2.24, 2.45) is 0 Å². The van der Waals surface area contributed by atoms with E-state index in [4.69, 9.17) is 9.15 Å². The van der Waals surface area contributed by atoms with Crippen LogP contribution in [0.25, 0.3) is 33.1 Å². The number of rotatable bonds is 4. The lowest BCUT2D eigenvalue weighted by Crippen LogP contribution is -2.09. The van der Waals surface area contributed by atoms with Crippen molar-refractivity contribution in [2.45, 2.75) is 20.5 Å². The molecule has 0 amide bonds. The molecule has 0 bridgehead atoms. The van der Waals surface area contributed by atoms with E-state index in [0.29, 0.717) is 38.9 Å². The van der Waals surface area contributed by atoms with Gasteiger partial charge in [-0.05, 0) is 61.4 Å². The summed E-state index contributed by atoms with van der Waals surface area (Å²) in [7, 11) is 0. The van der Waals surface area contributed by atoms with Crippen LogP contribution < -0.4 is 5.63 Å². The van der Waals surface area contributed by atoms with E-state index < -0.39 is 11.6 Å². The maximum Gasteiger partial charge on any atom is 0.339 e. The quantitative estimate of drug-likeness (QED) is 0.242. The van der Waals surface area contributed by atoms with Gasteiger partial charge in [-0.25, -0.2) is 19.0 Å². The lowest BCUT2D eigenvalue weighted by molar-refractivity contribution is 0.0476. The van der Waals surface area contributed by atoms with Gasteiger partial charge in [0, 0.05) is 28.0 Å². The first-order valence-electron chi connectivity index (χ1n) is 10.8. The van der Waals surface area contributed by atoms with Crippen LogP contribution in [0.15, 0.2) is 82.0 Å². The molecule has 34 heavy (non-hydrogen) atoms. The van der Waals surface area contributed by atoms with Gasteiger partial charge in [0.2, 0.25) is 0 Å². The summed E-state index contributed by atoms with van der Waals surface area (Å²) in [5.74, 6) is -0.902. The topological polar surface area (TPSA) is 69.4 Å². The molecule has 0 unspecified atom stereocenters. The highest BCUT2D eigenvalue weighted by molar-refractivity contribution is 6.04. The molecular weight excluding hydrogens is 433 g/mol. The Balaban J connectivity index is 1.53. The van der Waals surface area contributed by atoms with Crippen molar-refractivity contribution < 1.29 is 18.3 Å². The lowest BCUT2D eigenvalue weighted by atomic mass is 10.0. The molecule has 0 fully saturated rings. The second kappa shape index (κ2) is 8.56. The van der Waals surface area contributed by atoms with Crippen molar-refractivity contribution in [3.63, 3.8) is 0 Å². The van der Waals surface area contributed by atoms with Crippen LogP contribution in [-0.2, 0) is 11.3 Å². The molecule has 0 N–H and O–H groups in total. The smallest absolute Gasteiger partial charge is 0.339 e. The third-order valence-electron chi connectivity index (χ3n) is 5.95. The fourth-order valence-corrected chi connectivity index (χ4v) is 3.98. The first-order valence-corrected chi connectivity index (χ1v) is 10.8. The average molecular weight is 453 g/mol. The van der Waals surface area contributed by atoms with Crippen LogP contribution in [0.5, 0.6) is 0 Å². The minimum absolute atomic E-state index is 0.0913. The monoisotopic (exact) mass is 453 g/mol. The predicted molar refractivity (Wildman–Crippen MR) is 128 cm³/mol. The van der Waals surface area contributed by atoms with Crippen molar-refractivity contribution in [3.8, 4) is 11.3 Å². The fourth-order valence-electron chi connectivity index (χ4n) is 3.98. The van der Waals surface area contributed by atoms with Crippen molar-refractivity contribution in [1.82, 2.24) is 4.98 Å². The number of carbonyl (C=O) groups excluding carboxylic acids is 1. The molecule has 6 heteroatoms. The Hall–Kier alpha value is -4.32. The number of para-hydroxylation sites is 1. The molecular formula is C28H20FNO4. The number of esters is 1. The van der Waals surface area contributed by atoms with Gasteiger partial charge in [-0.3, -0.25) is 0 Å². The van der Waals surface area contributed by atoms with E-state index in [1.807, 2.05) is 38.1 Å². The highest BCUT2D eigenvalue weighted by Gasteiger charge is 2.17. The number of aromatic nitrogens is 1. The molecule has 0 aliphatic rings. The molecule has 0 atom stereocenters. The van der Waals surface area contributed by atoms with Crippen LogP contribution in [0.1, 0.15) is 27.0 Å². The molecule has 2 aromatic heterocycles. The van der Waals surface area contributed by atoms with Gasteiger partial charge < -0.3 is 9.15 Å². The van der Waals surface area contributed by atoms with E-state index in [2.05, 4.69) is 4.98 Å². The molecule has 168 valence electrons. The van der Waals surface area contributed by atoms with Crippen molar-refractivity contribution in [3.05, 3.63) is 111 Å². The Morgan fingerprint density at radius 1 is 0.971 bits per heavy atom. The minimum Gasteiger partial charge on any atom is -0.457 e. The Kier molecular flexibility index (Phi) is 5.42. The zero-order chi connectivity index (χ0) is 23.8. The normalized spacial score (nSPS) is 11.1. The highest BCUT2D eigenvalue weighted by atomic mass is 19.1. The Morgan fingerprint density at radius 3 is 2.53 bits per heavy atom. The van der Waals surface area contributed by atoms with Crippen molar-refractivity contribution >= 4 is 27.8 Å². The van der Waals surface area contributed by atoms with Crippen LogP contribution >= 0.6 is 0 Å². The summed E-state index contributed by atoms with van der Waals surface area (Å²) in [6.45, 7) is 3.73. The first kappa shape index (κ1) is 21.5. The number of hydrogen-bond acceptors (Lipinski definition) is 5. The number of halogens is 1. The van der Waals surface area contributed by atoms with E-state index in [1.54, 1.807) is 30.3 Å². The first-order chi connectivity index (χ1) is 16.4. The highest BCUT2D eigenvalue weighted by Crippen LogP contribution is 2.27. The zero-order valence-corrected chi connectivity index (χ0v) is 18.6. The summed E-state index contributed by atoms with van der Waals surface area (Å²) in [6.07, 6.45) is 0. The third kappa shape index (κ3) is 3.94. The molecule has 0 saturated carbocycles. The summed E-state index contributed by atoms with van der Waals surface area (Å²) in [5, 5.41) is 1.37. The van der Waals surface area contributed by atoms with Crippen molar-refractivity contribution in [1.29, 1.82) is 0 Å². The lowest BCUT2D eigenvalue weighted by Gasteiger charge is -2.12. The Labute approximate surface area is 194 Å². The molecule has 2 heterocycles. The van der Waals surface area contributed by atoms with E-state index in [0.717, 1.165) is 16.5 Å². The van der Waals surface area contributed by atoms with Crippen LogP contribution in [0.3, 0.4) is 0 Å². The summed E-state index contributed by atoms with van der Waals surface area (Å²) in [5.41, 5.74) is 4.60. The molecule has 0 radical (unpaired) electrons. The SMILES string of the molecule is Cc1ccc2c(COC(=O)c3cc(-c4ccc(F)cc4)nc4ccccc34)cc(=O)oc2c1C. The number of carbonyl (C=O) groups is 1. The van der Waals surface area contributed by atoms with Gasteiger partial charge in [0.1, 0.15) is 18.0 Å². The fraction of sp³-hybridized carbons (Fsp3) is 0.107. The van der Waals surface area contributed by atoms with Crippen LogP contribution in [-0.4, -0.2) is 11.0 Å². The molecule has 0 aliphatic carbocycles. The molecule has 3 aromatic carbocycles. The number of pyridine rings is 1. The molecule has 0 saturated heterocycles. The number of nitrogens with zero attached hydrogens (tertiary/aromatic N) is 1. The molecule has 5 rings (SSSR count). The molecule has 5 aromatic rings. The summed E-state index contributed by atoms with van der Waals surface area (Å²) in [6, 6.07) is 20.0. The Morgan fingerprint density at radius 2 is 1.74 bits per heavy atom. The number of fused-ring (bicyclic) bond motifs is 2. The van der Waals surface area contributed by atoms with Crippen LogP contribution in [0.2, 0.25) is 0 Å². The van der Waals surface area contributed by atoms with Gasteiger partial charge in [-0.1, -0.05) is 30.3 Å². The van der Waals surface area contributed by atoms with Gasteiger partial charge in [0.05, 0.1) is 16.8 Å². The zero-order valence-electron chi connectivity index (χ0n) is 18.6. The van der Waals surface area contributed by atoms with Crippen molar-refractivity contribution in [2.75, 3.05) is 0 Å². The molecule has 5 nitrogen and oxygen atoms in total. The van der Waals surface area contributed by atoms with Gasteiger partial charge >= 0.3 is 11.6 Å². The summed E-state index contributed by atoms with van der Waals surface area (Å²) >= 11 is 0. The standard InChI is InChI=1S/C28H20FNO4/c1-16-7-12-21-19(13-26(31)34-27(21)17(16)2)15-33-28(32)23-14-25(18-8-10-20(29)11-9-18)30-24-6-4-3-5-22(23)24/h3-14H,15H2,1-2H3. The average Bonchev–Trinajstić information content (AvgIpc) is 2.84. The molecule has 0 spiro atoms. The predicted octanol–water partition coefficient (Wildman–Crippen LogP) is 6.12. The number of hydrogen-bond donors (Lipinski definition) is 0. The largest absolute Gasteiger partial charge is 0.457 e. The maximum atomic E-state index is 13.4. The van der Waals surface area contributed by atoms with Gasteiger partial charge in [0.25, 0.3) is 0 Å². The summed E-state index contributed by atoms with van der Waals surface area (Å²) < 4.78 is 24.5. The molecule has 0 aliphatic heterocycles. The van der Waals surface area contributed by atoms with Crippen LogP contribution in [0, 0.1) is 19.7 Å². The van der Waals surface area contributed by atoms with E-state index in [-0.39, 0.29) is 12.4 Å². The van der Waals surface area contributed by atoms with E-state index in [1.165, 1.54) is 18.2 Å². The van der Waals surface area contributed by atoms with E-state index in [9.17, 15) is 14.0 Å². The second-order valence-electron chi connectivity index (χ2n) is 8.13. The second-order valence-corrected chi connectivity index (χ2v) is 8.13. The van der Waals surface area contributed by atoms with Gasteiger partial charge in [0.15, 0.2) is 0 Å². The van der Waals surface area contributed by atoms with E-state index >= 15 is 0 Å². The number of benzene rings is 3. The van der Waals surface area contributed by atoms with Gasteiger partial charge in [-0.2, -0.15) is 0 Å². The number of aryl methyl sites for hydroxylation is 2. The third-order valence-corrected chi connectivity index (χ3v) is 5.95. The maximum absolute atomic E-state index is 13.4. The van der Waals surface area contributed by atoms with Gasteiger partial charge in [-0.15, -0.1) is 0 Å². The Bertz CT molecular complexity index is 1620.